The Hall–Kier alpha value is -1.27. The van der Waals surface area contributed by atoms with Gasteiger partial charge in [-0.25, -0.2) is 8.42 Å². The summed E-state index contributed by atoms with van der Waals surface area (Å²) in [5.74, 6) is -0.0420. The quantitative estimate of drug-likeness (QED) is 0.799. The molecule has 0 saturated carbocycles. The van der Waals surface area contributed by atoms with Crippen molar-refractivity contribution in [3.05, 3.63) is 23.8 Å². The van der Waals surface area contributed by atoms with Gasteiger partial charge < -0.3 is 9.64 Å². The molecule has 1 heterocycles. The second kappa shape index (κ2) is 6.23. The van der Waals surface area contributed by atoms with Crippen molar-refractivity contribution < 1.29 is 17.9 Å². The minimum Gasteiger partial charge on any atom is -0.495 e. The van der Waals surface area contributed by atoms with Crippen molar-refractivity contribution in [2.24, 2.45) is 0 Å². The zero-order chi connectivity index (χ0) is 15.6. The molecule has 1 atom stereocenters. The van der Waals surface area contributed by atoms with Crippen LogP contribution in [0.4, 0.5) is 0 Å². The molecule has 0 N–H and O–H groups in total. The molecule has 7 heteroatoms. The Labute approximate surface area is 129 Å². The van der Waals surface area contributed by atoms with E-state index in [2.05, 4.69) is 0 Å². The summed E-state index contributed by atoms with van der Waals surface area (Å²) in [6.07, 6.45) is 3.03. The highest BCUT2D eigenvalue weighted by Crippen LogP contribution is 2.29. The fourth-order valence-electron chi connectivity index (χ4n) is 2.57. The summed E-state index contributed by atoms with van der Waals surface area (Å²) in [6, 6.07) is 4.46. The van der Waals surface area contributed by atoms with Crippen LogP contribution in [-0.4, -0.2) is 38.9 Å². The van der Waals surface area contributed by atoms with Crippen molar-refractivity contribution in [1.29, 1.82) is 0 Å². The lowest BCUT2D eigenvalue weighted by Crippen LogP contribution is -2.42. The summed E-state index contributed by atoms with van der Waals surface area (Å²) >= 11 is 0. The van der Waals surface area contributed by atoms with Crippen LogP contribution in [0.15, 0.2) is 23.1 Å². The Morgan fingerprint density at radius 2 is 2.10 bits per heavy atom. The van der Waals surface area contributed by atoms with Gasteiger partial charge >= 0.3 is 0 Å². The fraction of sp³-hybridized carbons (Fsp3) is 0.500. The summed E-state index contributed by atoms with van der Waals surface area (Å²) < 4.78 is 28.2. The molecule has 0 spiro atoms. The standard InChI is InChI=1S/C14H18ClNO4S/c1-10-5-3-4-8-16(10)14(17)11-6-7-12(20-2)13(9-11)21(15,18)19/h6-7,9-10H,3-5,8H2,1-2H3. The second-order valence-corrected chi connectivity index (χ2v) is 7.68. The van der Waals surface area contributed by atoms with Gasteiger partial charge in [-0.15, -0.1) is 0 Å². The van der Waals surface area contributed by atoms with Gasteiger partial charge in [0.2, 0.25) is 0 Å². The Morgan fingerprint density at radius 3 is 2.67 bits per heavy atom. The van der Waals surface area contributed by atoms with Crippen molar-refractivity contribution in [2.75, 3.05) is 13.7 Å². The number of hydrogen-bond donors (Lipinski definition) is 0. The first-order valence-corrected chi connectivity index (χ1v) is 9.09. The van der Waals surface area contributed by atoms with E-state index in [0.29, 0.717) is 12.1 Å². The monoisotopic (exact) mass is 331 g/mol. The predicted octanol–water partition coefficient (Wildman–Crippen LogP) is 2.64. The highest BCUT2D eigenvalue weighted by molar-refractivity contribution is 8.13. The lowest BCUT2D eigenvalue weighted by atomic mass is 10.0. The lowest BCUT2D eigenvalue weighted by Gasteiger charge is -2.33. The maximum atomic E-state index is 12.5. The average molecular weight is 332 g/mol. The molecule has 5 nitrogen and oxygen atoms in total. The van der Waals surface area contributed by atoms with Gasteiger partial charge in [-0.3, -0.25) is 4.79 Å². The van der Waals surface area contributed by atoms with E-state index in [-0.39, 0.29) is 22.6 Å². The van der Waals surface area contributed by atoms with Gasteiger partial charge in [-0.2, -0.15) is 0 Å². The first-order valence-electron chi connectivity index (χ1n) is 6.78. The van der Waals surface area contributed by atoms with Crippen LogP contribution in [0.3, 0.4) is 0 Å². The minimum atomic E-state index is -3.97. The molecule has 1 amide bonds. The number of piperidine rings is 1. The number of rotatable bonds is 3. The fourth-order valence-corrected chi connectivity index (χ4v) is 3.59. The van der Waals surface area contributed by atoms with Crippen LogP contribution in [-0.2, 0) is 9.05 Å². The molecule has 1 saturated heterocycles. The zero-order valence-electron chi connectivity index (χ0n) is 12.0. The van der Waals surface area contributed by atoms with Crippen LogP contribution in [0.1, 0.15) is 36.5 Å². The summed E-state index contributed by atoms with van der Waals surface area (Å²) in [7, 11) is 2.79. The van der Waals surface area contributed by atoms with E-state index in [1.807, 2.05) is 6.92 Å². The minimum absolute atomic E-state index is 0.133. The van der Waals surface area contributed by atoms with E-state index in [9.17, 15) is 13.2 Å². The molecular formula is C14H18ClNO4S. The number of ether oxygens (including phenoxy) is 1. The molecule has 1 aromatic rings. The second-order valence-electron chi connectivity index (χ2n) is 5.15. The van der Waals surface area contributed by atoms with Gasteiger partial charge in [0, 0.05) is 28.8 Å². The molecule has 0 radical (unpaired) electrons. The van der Waals surface area contributed by atoms with E-state index in [0.717, 1.165) is 19.3 Å². The zero-order valence-corrected chi connectivity index (χ0v) is 13.6. The van der Waals surface area contributed by atoms with Crippen LogP contribution in [0.25, 0.3) is 0 Å². The molecule has 21 heavy (non-hydrogen) atoms. The first-order chi connectivity index (χ1) is 9.84. The van der Waals surface area contributed by atoms with Crippen LogP contribution in [0.5, 0.6) is 5.75 Å². The number of amides is 1. The summed E-state index contributed by atoms with van der Waals surface area (Å²) in [6.45, 7) is 2.69. The maximum absolute atomic E-state index is 12.5. The summed E-state index contributed by atoms with van der Waals surface area (Å²) in [5.41, 5.74) is 0.309. The first kappa shape index (κ1) is 16.1. The van der Waals surface area contributed by atoms with Crippen LogP contribution in [0.2, 0.25) is 0 Å². The van der Waals surface area contributed by atoms with E-state index in [1.165, 1.54) is 19.2 Å². The van der Waals surface area contributed by atoms with Crippen LogP contribution in [0, 0.1) is 0 Å². The number of likely N-dealkylation sites (tertiary alicyclic amines) is 1. The van der Waals surface area contributed by atoms with Crippen molar-refractivity contribution in [1.82, 2.24) is 4.90 Å². The van der Waals surface area contributed by atoms with E-state index in [1.54, 1.807) is 11.0 Å². The van der Waals surface area contributed by atoms with Crippen LogP contribution >= 0.6 is 10.7 Å². The van der Waals surface area contributed by atoms with Gasteiger partial charge in [0.25, 0.3) is 15.0 Å². The van der Waals surface area contributed by atoms with Gasteiger partial charge in [0.1, 0.15) is 10.6 Å². The molecule has 0 bridgehead atoms. The number of hydrogen-bond acceptors (Lipinski definition) is 4. The maximum Gasteiger partial charge on any atom is 0.265 e. The molecule has 1 aromatic carbocycles. The van der Waals surface area contributed by atoms with Crippen molar-refractivity contribution in [3.63, 3.8) is 0 Å². The number of methoxy groups -OCH3 is 1. The number of carbonyl (C=O) groups excluding carboxylic acids is 1. The third-order valence-corrected chi connectivity index (χ3v) is 5.08. The van der Waals surface area contributed by atoms with Gasteiger partial charge in [-0.05, 0) is 44.4 Å². The van der Waals surface area contributed by atoms with Gasteiger partial charge in [0.15, 0.2) is 0 Å². The van der Waals surface area contributed by atoms with Crippen molar-refractivity contribution in [2.45, 2.75) is 37.1 Å². The lowest BCUT2D eigenvalue weighted by molar-refractivity contribution is 0.0635. The number of nitrogens with zero attached hydrogens (tertiary/aromatic N) is 1. The third-order valence-electron chi connectivity index (χ3n) is 3.74. The van der Waals surface area contributed by atoms with E-state index in [4.69, 9.17) is 15.4 Å². The third kappa shape index (κ3) is 3.49. The van der Waals surface area contributed by atoms with Crippen LogP contribution < -0.4 is 4.74 Å². The molecule has 0 aliphatic carbocycles. The number of halogens is 1. The normalized spacial score (nSPS) is 19.4. The summed E-state index contributed by atoms with van der Waals surface area (Å²) in [4.78, 5) is 14.1. The van der Waals surface area contributed by atoms with Gasteiger partial charge in [0.05, 0.1) is 7.11 Å². The molecular weight excluding hydrogens is 314 g/mol. The Morgan fingerprint density at radius 1 is 1.38 bits per heavy atom. The topological polar surface area (TPSA) is 63.7 Å². The number of carbonyl (C=O) groups is 1. The smallest absolute Gasteiger partial charge is 0.265 e. The molecule has 1 fully saturated rings. The van der Waals surface area contributed by atoms with Crippen molar-refractivity contribution >= 4 is 25.6 Å². The molecule has 1 unspecified atom stereocenters. The molecule has 1 aliphatic rings. The number of benzene rings is 1. The Kier molecular flexibility index (Phi) is 4.78. The highest BCUT2D eigenvalue weighted by atomic mass is 35.7. The molecule has 2 rings (SSSR count). The van der Waals surface area contributed by atoms with Gasteiger partial charge in [-0.1, -0.05) is 0 Å². The Balaban J connectivity index is 2.38. The highest BCUT2D eigenvalue weighted by Gasteiger charge is 2.26. The van der Waals surface area contributed by atoms with E-state index >= 15 is 0 Å². The van der Waals surface area contributed by atoms with E-state index < -0.39 is 9.05 Å². The Bertz CT molecular complexity index is 644. The molecule has 0 aromatic heterocycles. The molecule has 116 valence electrons. The summed E-state index contributed by atoms with van der Waals surface area (Å²) in [5, 5.41) is 0. The predicted molar refractivity (Wildman–Crippen MR) is 80.4 cm³/mol. The molecule has 1 aliphatic heterocycles. The average Bonchev–Trinajstić information content (AvgIpc) is 2.45. The largest absolute Gasteiger partial charge is 0.495 e. The van der Waals surface area contributed by atoms with Crippen molar-refractivity contribution in [3.8, 4) is 5.75 Å². The SMILES string of the molecule is COc1ccc(C(=O)N2CCCCC2C)cc1S(=O)(=O)Cl.